The number of rotatable bonds is 7. The molecule has 0 aromatic heterocycles. The molecule has 0 saturated carbocycles. The number of hydrogen-bond acceptors (Lipinski definition) is 4. The largest absolute Gasteiger partial charge is 0.301 e. The van der Waals surface area contributed by atoms with Gasteiger partial charge in [0.25, 0.3) is 5.92 Å². The quantitative estimate of drug-likeness (QED) is 0.644. The topological polar surface area (TPSA) is 27.1 Å². The number of halogens is 2. The third kappa shape index (κ3) is 4.89. The molecule has 2 heterocycles. The predicted octanol–water partition coefficient (Wildman–Crippen LogP) is 1.58. The lowest BCUT2D eigenvalue weighted by Gasteiger charge is -2.48. The van der Waals surface area contributed by atoms with Gasteiger partial charge in [0.1, 0.15) is 0 Å². The van der Waals surface area contributed by atoms with Gasteiger partial charge in [-0.15, -0.1) is 0 Å². The van der Waals surface area contributed by atoms with Crippen molar-refractivity contribution in [2.45, 2.75) is 58.9 Å². The van der Waals surface area contributed by atoms with Crippen LogP contribution in [-0.4, -0.2) is 103 Å². The fourth-order valence-corrected chi connectivity index (χ4v) is 3.97. The van der Waals surface area contributed by atoms with Gasteiger partial charge in [-0.1, -0.05) is 6.92 Å². The van der Waals surface area contributed by atoms with E-state index >= 15 is 8.78 Å². The lowest BCUT2D eigenvalue weighted by atomic mass is 10.1. The molecule has 25 heavy (non-hydrogen) atoms. The minimum absolute atomic E-state index is 0.355. The van der Waals surface area contributed by atoms with Crippen LogP contribution >= 0.6 is 0 Å². The van der Waals surface area contributed by atoms with E-state index in [1.807, 2.05) is 0 Å². The van der Waals surface area contributed by atoms with E-state index in [0.29, 0.717) is 44.8 Å². The van der Waals surface area contributed by atoms with Gasteiger partial charge in [0.15, 0.2) is 0 Å². The molecule has 0 bridgehead atoms. The van der Waals surface area contributed by atoms with Crippen LogP contribution in [-0.2, 0) is 0 Å². The Bertz CT molecular complexity index is 393. The maximum absolute atomic E-state index is 15.5. The Kier molecular flexibility index (Phi) is 7.58. The molecule has 2 saturated heterocycles. The van der Waals surface area contributed by atoms with Crippen molar-refractivity contribution < 1.29 is 8.78 Å². The van der Waals surface area contributed by atoms with E-state index in [4.69, 9.17) is 0 Å². The average Bonchev–Trinajstić information content (AvgIpc) is 2.58. The van der Waals surface area contributed by atoms with Crippen molar-refractivity contribution in [2.24, 2.45) is 0 Å². The molecule has 2 unspecified atom stereocenters. The Morgan fingerprint density at radius 2 is 1.68 bits per heavy atom. The van der Waals surface area contributed by atoms with Crippen LogP contribution in [0.3, 0.4) is 0 Å². The normalized spacial score (nSPS) is 30.7. The molecule has 2 rings (SSSR count). The molecule has 1 radical (unpaired) electrons. The fraction of sp³-hybridized carbons (Fsp3) is 1.00. The van der Waals surface area contributed by atoms with E-state index < -0.39 is 12.2 Å². The lowest BCUT2D eigenvalue weighted by Crippen LogP contribution is -2.70. The average molecular weight is 361 g/mol. The molecule has 0 spiro atoms. The van der Waals surface area contributed by atoms with E-state index in [9.17, 15) is 0 Å². The molecule has 0 aliphatic carbocycles. The molecule has 5 nitrogen and oxygen atoms in total. The summed E-state index contributed by atoms with van der Waals surface area (Å²) >= 11 is 0. The maximum atomic E-state index is 15.5. The molecule has 0 aromatic carbocycles. The van der Waals surface area contributed by atoms with E-state index in [2.05, 4.69) is 49.7 Å². The smallest absolute Gasteiger partial charge is 0.278 e. The molecule has 147 valence electrons. The summed E-state index contributed by atoms with van der Waals surface area (Å²) in [5.41, 5.74) is 0. The second-order valence-electron chi connectivity index (χ2n) is 7.74. The van der Waals surface area contributed by atoms with Gasteiger partial charge in [0.2, 0.25) is 6.30 Å². The van der Waals surface area contributed by atoms with Crippen molar-refractivity contribution in [3.05, 3.63) is 0 Å². The molecular weight excluding hydrogens is 324 g/mol. The highest BCUT2D eigenvalue weighted by molar-refractivity contribution is 4.92. The first kappa shape index (κ1) is 21.0. The number of nitrogens with zero attached hydrogens (tertiary/aromatic N) is 5. The summed E-state index contributed by atoms with van der Waals surface area (Å²) in [6, 6.07) is 0.787. The molecule has 7 heteroatoms. The van der Waals surface area contributed by atoms with E-state index in [-0.39, 0.29) is 0 Å². The van der Waals surface area contributed by atoms with E-state index in [1.54, 1.807) is 9.80 Å². The standard InChI is InChI=1S/C18H36F2N5/c1-6-22-9-12-24(13-10-22)18(20)17(19)23(8-7-21-18)11-14-25(15(2)3)16(4)5/h15-17H,6-14H2,1-5H3. The zero-order valence-corrected chi connectivity index (χ0v) is 16.6. The van der Waals surface area contributed by atoms with Crippen molar-refractivity contribution in [2.75, 3.05) is 58.9 Å². The third-order valence-corrected chi connectivity index (χ3v) is 5.58. The molecule has 2 atom stereocenters. The molecule has 2 fully saturated rings. The van der Waals surface area contributed by atoms with Gasteiger partial charge in [-0.3, -0.25) is 14.7 Å². The first-order valence-corrected chi connectivity index (χ1v) is 9.78. The summed E-state index contributed by atoms with van der Waals surface area (Å²) in [5.74, 6) is -2.20. The Labute approximate surface area is 152 Å². The van der Waals surface area contributed by atoms with Crippen molar-refractivity contribution in [3.63, 3.8) is 0 Å². The second kappa shape index (κ2) is 9.04. The first-order valence-electron chi connectivity index (χ1n) is 9.78. The monoisotopic (exact) mass is 360 g/mol. The van der Waals surface area contributed by atoms with Crippen LogP contribution in [0.2, 0.25) is 0 Å². The highest BCUT2D eigenvalue weighted by Crippen LogP contribution is 2.29. The maximum Gasteiger partial charge on any atom is 0.278 e. The van der Waals surface area contributed by atoms with Crippen molar-refractivity contribution >= 4 is 0 Å². The number of alkyl halides is 2. The van der Waals surface area contributed by atoms with Crippen LogP contribution in [0.5, 0.6) is 0 Å². The summed E-state index contributed by atoms with van der Waals surface area (Å²) < 4.78 is 30.6. The Balaban J connectivity index is 1.96. The van der Waals surface area contributed by atoms with Crippen LogP contribution in [0, 0.1) is 0 Å². The Morgan fingerprint density at radius 1 is 1.08 bits per heavy atom. The molecule has 0 amide bonds. The SMILES string of the molecule is CCN1CCN(C2(F)[N]CCN(CCN(C(C)C)C(C)C)C2F)CC1. The molecule has 2 aliphatic rings. The van der Waals surface area contributed by atoms with Crippen LogP contribution in [0.4, 0.5) is 8.78 Å². The van der Waals surface area contributed by atoms with E-state index in [0.717, 1.165) is 26.2 Å². The number of piperazine rings is 2. The van der Waals surface area contributed by atoms with Gasteiger partial charge in [0, 0.05) is 64.4 Å². The summed E-state index contributed by atoms with van der Waals surface area (Å²) in [6.07, 6.45) is -1.68. The van der Waals surface area contributed by atoms with Crippen molar-refractivity contribution in [3.8, 4) is 0 Å². The number of hydrogen-bond donors (Lipinski definition) is 0. The minimum atomic E-state index is -2.20. The molecular formula is C18H36F2N5. The molecule has 0 N–H and O–H groups in total. The zero-order valence-electron chi connectivity index (χ0n) is 16.6. The lowest BCUT2D eigenvalue weighted by molar-refractivity contribution is -0.198. The Morgan fingerprint density at radius 3 is 2.20 bits per heavy atom. The highest BCUT2D eigenvalue weighted by Gasteiger charge is 2.52. The van der Waals surface area contributed by atoms with Crippen LogP contribution in [0.1, 0.15) is 34.6 Å². The predicted molar refractivity (Wildman–Crippen MR) is 98.0 cm³/mol. The fourth-order valence-electron chi connectivity index (χ4n) is 3.97. The van der Waals surface area contributed by atoms with Crippen LogP contribution in [0.15, 0.2) is 0 Å². The number of likely N-dealkylation sites (N-methyl/N-ethyl adjacent to an activating group) is 1. The first-order chi connectivity index (χ1) is 11.8. The van der Waals surface area contributed by atoms with Crippen LogP contribution in [0.25, 0.3) is 0 Å². The van der Waals surface area contributed by atoms with Gasteiger partial charge in [-0.2, -0.15) is 5.32 Å². The van der Waals surface area contributed by atoms with Gasteiger partial charge in [-0.05, 0) is 34.2 Å². The second-order valence-corrected chi connectivity index (χ2v) is 7.74. The van der Waals surface area contributed by atoms with Crippen molar-refractivity contribution in [1.29, 1.82) is 0 Å². The summed E-state index contributed by atoms with van der Waals surface area (Å²) in [4.78, 5) is 7.81. The zero-order chi connectivity index (χ0) is 18.6. The molecule has 0 aromatic rings. The summed E-state index contributed by atoms with van der Waals surface area (Å²) in [6.45, 7) is 16.4. The van der Waals surface area contributed by atoms with Gasteiger partial charge in [-0.25, -0.2) is 8.78 Å². The Hall–Kier alpha value is -0.340. The van der Waals surface area contributed by atoms with Gasteiger partial charge in [0.05, 0.1) is 0 Å². The summed E-state index contributed by atoms with van der Waals surface area (Å²) in [7, 11) is 0. The van der Waals surface area contributed by atoms with Gasteiger partial charge < -0.3 is 4.90 Å². The molecule has 2 aliphatic heterocycles. The van der Waals surface area contributed by atoms with Crippen molar-refractivity contribution in [1.82, 2.24) is 24.9 Å². The van der Waals surface area contributed by atoms with Crippen LogP contribution < -0.4 is 5.32 Å². The third-order valence-electron chi connectivity index (χ3n) is 5.58. The van der Waals surface area contributed by atoms with Gasteiger partial charge >= 0.3 is 0 Å². The summed E-state index contributed by atoms with van der Waals surface area (Å²) in [5, 5.41) is 4.07. The van der Waals surface area contributed by atoms with E-state index in [1.165, 1.54) is 0 Å². The highest BCUT2D eigenvalue weighted by atomic mass is 19.2. The minimum Gasteiger partial charge on any atom is -0.301 e.